The van der Waals surface area contributed by atoms with E-state index in [1.165, 1.54) is 17.7 Å². The van der Waals surface area contributed by atoms with Crippen molar-refractivity contribution in [2.75, 3.05) is 11.9 Å². The van der Waals surface area contributed by atoms with Crippen molar-refractivity contribution in [3.05, 3.63) is 59.7 Å². The largest absolute Gasteiger partial charge is 0.394 e. The normalized spacial score (nSPS) is 23.5. The van der Waals surface area contributed by atoms with Gasteiger partial charge in [0.2, 0.25) is 0 Å². The van der Waals surface area contributed by atoms with Crippen molar-refractivity contribution in [3.63, 3.8) is 0 Å². The van der Waals surface area contributed by atoms with Crippen molar-refractivity contribution >= 4 is 28.3 Å². The first kappa shape index (κ1) is 20.0. The fourth-order valence-corrected chi connectivity index (χ4v) is 4.44. The van der Waals surface area contributed by atoms with E-state index in [-0.39, 0.29) is 0 Å². The molecule has 4 heterocycles. The topological polar surface area (TPSA) is 126 Å². The van der Waals surface area contributed by atoms with Gasteiger partial charge in [-0.05, 0) is 17.0 Å². The highest BCUT2D eigenvalue weighted by molar-refractivity contribution is 7.13. The van der Waals surface area contributed by atoms with Crippen LogP contribution >= 0.6 is 11.3 Å². The summed E-state index contributed by atoms with van der Waals surface area (Å²) in [5.41, 5.74) is 2.08. The van der Waals surface area contributed by atoms with E-state index in [0.29, 0.717) is 29.4 Å². The Morgan fingerprint density at radius 2 is 1.90 bits per heavy atom. The molecule has 160 valence electrons. The molecule has 4 aromatic rings. The van der Waals surface area contributed by atoms with Gasteiger partial charge in [0, 0.05) is 6.54 Å². The third kappa shape index (κ3) is 3.58. The quantitative estimate of drug-likeness (QED) is 0.358. The molecule has 31 heavy (non-hydrogen) atoms. The SMILES string of the molecule is OC[C@H]1OC(n2c(-c3cccs3)nc3c(NCc4ccccc4)ncnc32)[C@H](O)[C@@H]1O. The first-order valence-electron chi connectivity index (χ1n) is 9.84. The third-order valence-electron chi connectivity index (χ3n) is 5.29. The standard InChI is InChI=1S/C21H21N5O4S/c27-10-13-16(28)17(29)21(30-13)26-19(14-7-4-8-31-14)25-15-18(23-11-24-20(15)26)22-9-12-5-2-1-3-6-12/h1-8,11,13,16-17,21,27-29H,9-10H2,(H,22,23,24)/t13-,16-,17-,21?/m1/s1. The molecule has 0 bridgehead atoms. The van der Waals surface area contributed by atoms with Crippen LogP contribution in [0.15, 0.2) is 54.2 Å². The van der Waals surface area contributed by atoms with Crippen LogP contribution in [0.2, 0.25) is 0 Å². The zero-order chi connectivity index (χ0) is 21.4. The minimum absolute atomic E-state index is 0.408. The molecule has 0 spiro atoms. The lowest BCUT2D eigenvalue weighted by molar-refractivity contribution is -0.0503. The fourth-order valence-electron chi connectivity index (χ4n) is 3.73. The molecule has 0 saturated carbocycles. The van der Waals surface area contributed by atoms with Gasteiger partial charge in [0.15, 0.2) is 29.0 Å². The van der Waals surface area contributed by atoms with E-state index in [2.05, 4.69) is 15.3 Å². The lowest BCUT2D eigenvalue weighted by Crippen LogP contribution is -2.33. The van der Waals surface area contributed by atoms with Gasteiger partial charge in [0.05, 0.1) is 11.5 Å². The van der Waals surface area contributed by atoms with Crippen LogP contribution in [0.3, 0.4) is 0 Å². The first-order chi connectivity index (χ1) is 15.2. The van der Waals surface area contributed by atoms with Crippen LogP contribution < -0.4 is 5.32 Å². The molecule has 10 heteroatoms. The number of rotatable bonds is 6. The van der Waals surface area contributed by atoms with Gasteiger partial charge < -0.3 is 25.4 Å². The summed E-state index contributed by atoms with van der Waals surface area (Å²) >= 11 is 1.49. The number of nitrogens with zero attached hydrogens (tertiary/aromatic N) is 4. The van der Waals surface area contributed by atoms with Gasteiger partial charge in [-0.2, -0.15) is 0 Å². The summed E-state index contributed by atoms with van der Waals surface area (Å²) in [6.45, 7) is 0.149. The maximum absolute atomic E-state index is 10.6. The lowest BCUT2D eigenvalue weighted by Gasteiger charge is -2.19. The van der Waals surface area contributed by atoms with Gasteiger partial charge in [0.25, 0.3) is 0 Å². The molecule has 1 unspecified atom stereocenters. The van der Waals surface area contributed by atoms with Gasteiger partial charge in [0.1, 0.15) is 24.6 Å². The van der Waals surface area contributed by atoms with Crippen LogP contribution in [-0.4, -0.2) is 59.8 Å². The van der Waals surface area contributed by atoms with Gasteiger partial charge >= 0.3 is 0 Å². The highest BCUT2D eigenvalue weighted by Crippen LogP contribution is 2.38. The number of thiophene rings is 1. The number of hydrogen-bond donors (Lipinski definition) is 4. The van der Waals surface area contributed by atoms with E-state index in [4.69, 9.17) is 9.72 Å². The molecule has 0 aliphatic carbocycles. The minimum atomic E-state index is -1.25. The van der Waals surface area contributed by atoms with Gasteiger partial charge in [-0.25, -0.2) is 15.0 Å². The summed E-state index contributed by atoms with van der Waals surface area (Å²) in [5.74, 6) is 1.10. The van der Waals surface area contributed by atoms with Gasteiger partial charge in [-0.3, -0.25) is 4.57 Å². The molecule has 1 aliphatic rings. The molecule has 0 amide bonds. The Labute approximate surface area is 181 Å². The molecule has 1 fully saturated rings. The smallest absolute Gasteiger partial charge is 0.168 e. The average Bonchev–Trinajstić information content (AvgIpc) is 3.52. The number of benzene rings is 1. The minimum Gasteiger partial charge on any atom is -0.394 e. The lowest BCUT2D eigenvalue weighted by atomic mass is 10.1. The molecular weight excluding hydrogens is 418 g/mol. The number of anilines is 1. The second kappa shape index (κ2) is 8.33. The van der Waals surface area contributed by atoms with Crippen molar-refractivity contribution in [1.82, 2.24) is 19.5 Å². The highest BCUT2D eigenvalue weighted by Gasteiger charge is 2.45. The number of nitrogens with one attached hydrogen (secondary N) is 1. The van der Waals surface area contributed by atoms with Crippen molar-refractivity contribution < 1.29 is 20.1 Å². The van der Waals surface area contributed by atoms with Crippen molar-refractivity contribution in [2.24, 2.45) is 0 Å². The highest BCUT2D eigenvalue weighted by atomic mass is 32.1. The molecule has 1 aromatic carbocycles. The Morgan fingerprint density at radius 1 is 1.06 bits per heavy atom. The molecule has 4 N–H and O–H groups in total. The predicted octanol–water partition coefficient (Wildman–Crippen LogP) is 1.78. The molecule has 4 atom stereocenters. The number of aliphatic hydroxyl groups excluding tert-OH is 3. The van der Waals surface area contributed by atoms with E-state index in [1.807, 2.05) is 47.8 Å². The summed E-state index contributed by atoms with van der Waals surface area (Å²) in [6.07, 6.45) is -2.89. The van der Waals surface area contributed by atoms with Gasteiger partial charge in [-0.15, -0.1) is 11.3 Å². The molecular formula is C21H21N5O4S. The van der Waals surface area contributed by atoms with E-state index in [0.717, 1.165) is 10.4 Å². The summed E-state index contributed by atoms with van der Waals surface area (Å²) < 4.78 is 7.46. The monoisotopic (exact) mass is 439 g/mol. The van der Waals surface area contributed by atoms with Crippen LogP contribution in [0, 0.1) is 0 Å². The molecule has 0 radical (unpaired) electrons. The maximum atomic E-state index is 10.6. The Balaban J connectivity index is 1.60. The fraction of sp³-hybridized carbons (Fsp3) is 0.286. The Morgan fingerprint density at radius 3 is 2.61 bits per heavy atom. The number of hydrogen-bond acceptors (Lipinski definition) is 9. The van der Waals surface area contributed by atoms with Gasteiger partial charge in [-0.1, -0.05) is 36.4 Å². The first-order valence-corrected chi connectivity index (χ1v) is 10.7. The second-order valence-electron chi connectivity index (χ2n) is 7.25. The molecule has 3 aromatic heterocycles. The average molecular weight is 439 g/mol. The maximum Gasteiger partial charge on any atom is 0.168 e. The number of aliphatic hydroxyl groups is 3. The zero-order valence-electron chi connectivity index (χ0n) is 16.4. The summed E-state index contributed by atoms with van der Waals surface area (Å²) in [4.78, 5) is 14.4. The Kier molecular flexibility index (Phi) is 5.38. The van der Waals surface area contributed by atoms with E-state index >= 15 is 0 Å². The van der Waals surface area contributed by atoms with E-state index in [9.17, 15) is 15.3 Å². The molecule has 1 saturated heterocycles. The van der Waals surface area contributed by atoms with Crippen LogP contribution in [0.1, 0.15) is 11.8 Å². The zero-order valence-corrected chi connectivity index (χ0v) is 17.2. The molecule has 9 nitrogen and oxygen atoms in total. The summed E-state index contributed by atoms with van der Waals surface area (Å²) in [6, 6.07) is 13.7. The van der Waals surface area contributed by atoms with Crippen molar-refractivity contribution in [2.45, 2.75) is 31.1 Å². The summed E-state index contributed by atoms with van der Waals surface area (Å²) in [7, 11) is 0. The van der Waals surface area contributed by atoms with E-state index in [1.54, 1.807) is 4.57 Å². The number of ether oxygens (including phenoxy) is 1. The number of imidazole rings is 1. The third-order valence-corrected chi connectivity index (χ3v) is 6.16. The second-order valence-corrected chi connectivity index (χ2v) is 8.19. The Bertz CT molecular complexity index is 1170. The number of aromatic nitrogens is 4. The predicted molar refractivity (Wildman–Crippen MR) is 115 cm³/mol. The van der Waals surface area contributed by atoms with Crippen LogP contribution in [0.5, 0.6) is 0 Å². The molecule has 5 rings (SSSR count). The number of fused-ring (bicyclic) bond motifs is 1. The Hall–Kier alpha value is -2.89. The van der Waals surface area contributed by atoms with Crippen molar-refractivity contribution in [1.29, 1.82) is 0 Å². The molecule has 1 aliphatic heterocycles. The van der Waals surface area contributed by atoms with Crippen molar-refractivity contribution in [3.8, 4) is 10.7 Å². The van der Waals surface area contributed by atoms with Crippen LogP contribution in [-0.2, 0) is 11.3 Å². The van der Waals surface area contributed by atoms with Crippen LogP contribution in [0.4, 0.5) is 5.82 Å². The van der Waals surface area contributed by atoms with Crippen LogP contribution in [0.25, 0.3) is 21.9 Å². The summed E-state index contributed by atoms with van der Waals surface area (Å²) in [5, 5.41) is 35.7. The van der Waals surface area contributed by atoms with E-state index < -0.39 is 31.1 Å².